The fourth-order valence-corrected chi connectivity index (χ4v) is 5.40. The number of aromatic nitrogens is 2. The summed E-state index contributed by atoms with van der Waals surface area (Å²) in [4.78, 5) is 17.0. The first-order valence-corrected chi connectivity index (χ1v) is 11.8. The number of phenolic OH excluding ortho intramolecular Hbond substituents is 1. The third-order valence-electron chi connectivity index (χ3n) is 7.36. The number of phenols is 1. The summed E-state index contributed by atoms with van der Waals surface area (Å²) in [7, 11) is 3.57. The van der Waals surface area contributed by atoms with E-state index < -0.39 is 6.23 Å². The Balaban J connectivity index is 1.33. The van der Waals surface area contributed by atoms with E-state index in [9.17, 15) is 20.4 Å². The zero-order valence-electron chi connectivity index (χ0n) is 19.5. The Labute approximate surface area is 194 Å². The minimum absolute atomic E-state index is 0.0533. The molecule has 3 N–H and O–H groups in total. The van der Waals surface area contributed by atoms with Crippen LogP contribution in [0.3, 0.4) is 0 Å². The molecule has 1 saturated heterocycles. The molecule has 0 amide bonds. The van der Waals surface area contributed by atoms with Crippen LogP contribution >= 0.6 is 0 Å². The number of aromatic hydroxyl groups is 1. The van der Waals surface area contributed by atoms with Crippen LogP contribution in [0, 0.1) is 11.8 Å². The standard InChI is InChI=1S/C24H35N6O3/c1-26-15-19(14-25)28-9-11-29(12-10-28)23(32)18-5-3-17(4-6-18)16-30-22-13-20(31)7-8-21(22)27(2)24(30)33/h7-8,13-15,17-18,23,26,31-32H,3-6,9-12,16H2,1-2H3/q-1/b19-15+. The molecule has 0 radical (unpaired) electrons. The van der Waals surface area contributed by atoms with E-state index in [0.717, 1.165) is 74.8 Å². The van der Waals surface area contributed by atoms with E-state index in [1.54, 1.807) is 47.6 Å². The molecule has 2 fully saturated rings. The third kappa shape index (κ3) is 4.79. The van der Waals surface area contributed by atoms with Gasteiger partial charge in [-0.15, -0.1) is 0 Å². The molecule has 2 heterocycles. The highest BCUT2D eigenvalue weighted by atomic mass is 16.3. The summed E-state index contributed by atoms with van der Waals surface area (Å²) >= 11 is 0. The molecule has 9 nitrogen and oxygen atoms in total. The van der Waals surface area contributed by atoms with Crippen molar-refractivity contribution in [2.75, 3.05) is 33.2 Å². The van der Waals surface area contributed by atoms with E-state index >= 15 is 0 Å². The minimum atomic E-state index is -0.458. The van der Waals surface area contributed by atoms with Crippen molar-refractivity contribution in [1.29, 1.82) is 0 Å². The van der Waals surface area contributed by atoms with Crippen molar-refractivity contribution < 1.29 is 10.2 Å². The van der Waals surface area contributed by atoms with E-state index in [0.29, 0.717) is 12.5 Å². The molecular formula is C24H35N6O3-. The van der Waals surface area contributed by atoms with Crippen molar-refractivity contribution in [3.05, 3.63) is 46.0 Å². The van der Waals surface area contributed by atoms with Crippen molar-refractivity contribution in [3.8, 4) is 5.75 Å². The smallest absolute Gasteiger partial charge is 0.328 e. The molecule has 1 aliphatic heterocycles. The van der Waals surface area contributed by atoms with Gasteiger partial charge in [-0.05, 0) is 49.7 Å². The number of fused-ring (bicyclic) bond motifs is 1. The van der Waals surface area contributed by atoms with E-state index in [4.69, 9.17) is 0 Å². The first-order chi connectivity index (χ1) is 15.9. The van der Waals surface area contributed by atoms with Crippen LogP contribution < -0.4 is 11.0 Å². The predicted octanol–water partition coefficient (Wildman–Crippen LogP) is 1.49. The van der Waals surface area contributed by atoms with Crippen LogP contribution in [0.25, 0.3) is 16.4 Å². The van der Waals surface area contributed by atoms with Gasteiger partial charge in [0.1, 0.15) is 12.0 Å². The molecule has 2 aliphatic rings. The monoisotopic (exact) mass is 455 g/mol. The molecule has 1 aromatic heterocycles. The van der Waals surface area contributed by atoms with E-state index in [1.165, 1.54) is 0 Å². The second-order valence-electron chi connectivity index (χ2n) is 9.33. The molecule has 9 heteroatoms. The minimum Gasteiger partial charge on any atom is -0.809 e. The molecule has 1 aliphatic carbocycles. The van der Waals surface area contributed by atoms with Gasteiger partial charge in [0.05, 0.1) is 11.0 Å². The number of aliphatic hydroxyl groups is 1. The second-order valence-corrected chi connectivity index (χ2v) is 9.33. The van der Waals surface area contributed by atoms with Gasteiger partial charge >= 0.3 is 5.69 Å². The number of nitrogens with one attached hydrogen (secondary N) is 1. The van der Waals surface area contributed by atoms with Gasteiger partial charge in [-0.3, -0.25) is 14.0 Å². The summed E-state index contributed by atoms with van der Waals surface area (Å²) in [6, 6.07) is 5.06. The average Bonchev–Trinajstić information content (AvgIpc) is 3.07. The zero-order chi connectivity index (χ0) is 23.5. The van der Waals surface area contributed by atoms with E-state index in [-0.39, 0.29) is 17.4 Å². The Morgan fingerprint density at radius 3 is 2.52 bits per heavy atom. The summed E-state index contributed by atoms with van der Waals surface area (Å²) in [5.74, 6) is 0.780. The number of hydrogen-bond donors (Lipinski definition) is 3. The number of allylic oxidation sites excluding steroid dienone is 1. The molecule has 2 aromatic rings. The normalized spacial score (nSPS) is 23.6. The lowest BCUT2D eigenvalue weighted by atomic mass is 9.80. The lowest BCUT2D eigenvalue weighted by Gasteiger charge is -2.42. The van der Waals surface area contributed by atoms with Gasteiger partial charge in [0.15, 0.2) is 0 Å². The maximum Gasteiger partial charge on any atom is 0.328 e. The van der Waals surface area contributed by atoms with E-state index in [1.807, 2.05) is 0 Å². The molecule has 1 atom stereocenters. The molecule has 0 bridgehead atoms. The third-order valence-corrected chi connectivity index (χ3v) is 7.36. The van der Waals surface area contributed by atoms with Crippen LogP contribution in [0.1, 0.15) is 25.7 Å². The van der Waals surface area contributed by atoms with Gasteiger partial charge in [-0.1, -0.05) is 0 Å². The Morgan fingerprint density at radius 2 is 1.88 bits per heavy atom. The highest BCUT2D eigenvalue weighted by Crippen LogP contribution is 2.33. The van der Waals surface area contributed by atoms with Crippen molar-refractivity contribution >= 4 is 17.2 Å². The Kier molecular flexibility index (Phi) is 7.09. The first kappa shape index (κ1) is 23.4. The number of nitrogens with zero attached hydrogens (tertiary/aromatic N) is 5. The van der Waals surface area contributed by atoms with Gasteiger partial charge in [-0.25, -0.2) is 4.79 Å². The van der Waals surface area contributed by atoms with Crippen LogP contribution in [-0.2, 0) is 13.6 Å². The maximum absolute atomic E-state index is 12.8. The number of piperazine rings is 1. The fourth-order valence-electron chi connectivity index (χ4n) is 5.40. The summed E-state index contributed by atoms with van der Waals surface area (Å²) in [6.45, 7) is 3.66. The highest BCUT2D eigenvalue weighted by molar-refractivity contribution is 5.80. The lowest BCUT2D eigenvalue weighted by molar-refractivity contribution is -0.0694. The Bertz CT molecular complexity index is 1060. The summed E-state index contributed by atoms with van der Waals surface area (Å²) in [6.07, 6.45) is 6.25. The number of hydrogen-bond acceptors (Lipinski definition) is 6. The maximum atomic E-state index is 12.8. The molecule has 4 rings (SSSR count). The van der Waals surface area contributed by atoms with Crippen LogP contribution in [0.15, 0.2) is 34.9 Å². The molecule has 1 unspecified atom stereocenters. The summed E-state index contributed by atoms with van der Waals surface area (Å²) in [5.41, 5.74) is 2.30. The molecule has 1 saturated carbocycles. The van der Waals surface area contributed by atoms with Crippen LogP contribution in [0.4, 0.5) is 0 Å². The average molecular weight is 456 g/mol. The number of rotatable bonds is 7. The summed E-state index contributed by atoms with van der Waals surface area (Å²) < 4.78 is 3.42. The van der Waals surface area contributed by atoms with Gasteiger partial charge in [0.2, 0.25) is 0 Å². The second kappa shape index (κ2) is 10.0. The van der Waals surface area contributed by atoms with Crippen molar-refractivity contribution in [2.45, 2.75) is 38.5 Å². The van der Waals surface area contributed by atoms with Crippen LogP contribution in [0.2, 0.25) is 0 Å². The molecule has 0 spiro atoms. The van der Waals surface area contributed by atoms with Gasteiger partial charge in [0, 0.05) is 64.8 Å². The molecule has 1 aromatic carbocycles. The predicted molar refractivity (Wildman–Crippen MR) is 130 cm³/mol. The van der Waals surface area contributed by atoms with Gasteiger partial charge < -0.3 is 25.8 Å². The Hall–Kier alpha value is -2.78. The fraction of sp³-hybridized carbons (Fsp3) is 0.583. The van der Waals surface area contributed by atoms with Crippen molar-refractivity contribution in [2.24, 2.45) is 18.9 Å². The van der Waals surface area contributed by atoms with E-state index in [2.05, 4.69) is 15.1 Å². The highest BCUT2D eigenvalue weighted by Gasteiger charge is 2.32. The Morgan fingerprint density at radius 1 is 1.18 bits per heavy atom. The number of imidazole rings is 1. The number of benzene rings is 1. The van der Waals surface area contributed by atoms with Gasteiger partial charge in [-0.2, -0.15) is 6.21 Å². The number of aryl methyl sites for hydroxylation is 1. The van der Waals surface area contributed by atoms with Crippen LogP contribution in [-0.4, -0.2) is 74.8 Å². The lowest BCUT2D eigenvalue weighted by Crippen LogP contribution is -2.52. The van der Waals surface area contributed by atoms with Gasteiger partial charge in [0.25, 0.3) is 0 Å². The number of aliphatic hydroxyl groups excluding tert-OH is 1. The quantitative estimate of drug-likeness (QED) is 0.546. The van der Waals surface area contributed by atoms with Crippen molar-refractivity contribution in [1.82, 2.24) is 24.3 Å². The summed E-state index contributed by atoms with van der Waals surface area (Å²) in [5, 5.41) is 33.3. The molecule has 180 valence electrons. The zero-order valence-corrected chi connectivity index (χ0v) is 19.5. The first-order valence-electron chi connectivity index (χ1n) is 11.8. The topological polar surface area (TPSA) is 108 Å². The molecular weight excluding hydrogens is 420 g/mol. The largest absolute Gasteiger partial charge is 0.809 e. The molecule has 33 heavy (non-hydrogen) atoms. The SMILES string of the molecule is CN/C=C(\C=[N-])N1CCN(C(O)C2CCC(Cn3c(=O)n(C)c4ccc(O)cc43)CC2)CC1. The van der Waals surface area contributed by atoms with Crippen molar-refractivity contribution in [3.63, 3.8) is 0 Å². The van der Waals surface area contributed by atoms with Crippen LogP contribution in [0.5, 0.6) is 5.75 Å².